The number of carbonyl (C=O) groups is 3. The van der Waals surface area contributed by atoms with Crippen LogP contribution in [0, 0.1) is 12.7 Å². The van der Waals surface area contributed by atoms with Crippen LogP contribution < -0.4 is 4.74 Å². The van der Waals surface area contributed by atoms with E-state index >= 15 is 0 Å². The number of morpholine rings is 1. The summed E-state index contributed by atoms with van der Waals surface area (Å²) < 4.78 is 121. The normalized spacial score (nSPS) is 19.5. The third-order valence-corrected chi connectivity index (χ3v) is 5.68. The fraction of sp³-hybridized carbons (Fsp3) is 0.480. The maximum Gasteiger partial charge on any atom is 0.490 e. The Bertz CT molecular complexity index is 1250. The van der Waals surface area contributed by atoms with Gasteiger partial charge >= 0.3 is 36.4 Å². The molecule has 21 heteroatoms. The number of aliphatic carboxylic acids is 3. The number of carboxylic acid groups (broad SMARTS) is 3. The van der Waals surface area contributed by atoms with Crippen LogP contribution in [0.5, 0.6) is 5.88 Å². The van der Waals surface area contributed by atoms with Crippen molar-refractivity contribution in [1.29, 1.82) is 0 Å². The van der Waals surface area contributed by atoms with Crippen molar-refractivity contribution >= 4 is 17.9 Å². The van der Waals surface area contributed by atoms with E-state index in [0.717, 1.165) is 37.3 Å². The van der Waals surface area contributed by atoms with Crippen molar-refractivity contribution in [2.75, 3.05) is 13.2 Å². The zero-order valence-electron chi connectivity index (χ0n) is 23.2. The van der Waals surface area contributed by atoms with Crippen LogP contribution in [0.3, 0.4) is 0 Å². The summed E-state index contributed by atoms with van der Waals surface area (Å²) in [6.07, 6.45) is -12.1. The first-order valence-corrected chi connectivity index (χ1v) is 12.5. The second-order valence-corrected chi connectivity index (χ2v) is 9.08. The Balaban J connectivity index is 0.000000413. The SMILES string of the molecule is Cc1cccc(CN2CCO[C@H]3[C@H](Oc4ncccc4F)CC[C@@H]32)n1.O=C(O)C(F)(F)F.O=C(O)C(F)(F)F.O=C(O)C(F)(F)F. The third kappa shape index (κ3) is 13.8. The lowest BCUT2D eigenvalue weighted by molar-refractivity contribution is -0.193. The molecule has 2 aromatic heterocycles. The first-order chi connectivity index (χ1) is 21.0. The number of hydrogen-bond donors (Lipinski definition) is 3. The Kier molecular flexibility index (Phi) is 14.6. The number of carboxylic acids is 3. The summed E-state index contributed by atoms with van der Waals surface area (Å²) in [4.78, 5) is 37.7. The van der Waals surface area contributed by atoms with Crippen LogP contribution in [0.25, 0.3) is 0 Å². The van der Waals surface area contributed by atoms with Crippen LogP contribution >= 0.6 is 0 Å². The average Bonchev–Trinajstić information content (AvgIpc) is 3.33. The van der Waals surface area contributed by atoms with E-state index in [4.69, 9.17) is 39.2 Å². The molecule has 0 radical (unpaired) electrons. The number of hydrogen-bond acceptors (Lipinski definition) is 8. The molecular formula is C25H25F10N3O8. The minimum Gasteiger partial charge on any atom is -0.475 e. The van der Waals surface area contributed by atoms with Gasteiger partial charge in [0.05, 0.1) is 12.3 Å². The van der Waals surface area contributed by atoms with Crippen LogP contribution in [0.1, 0.15) is 24.2 Å². The Labute approximate surface area is 252 Å². The van der Waals surface area contributed by atoms with E-state index in [1.807, 2.05) is 19.1 Å². The second-order valence-electron chi connectivity index (χ2n) is 9.08. The Hall–Kier alpha value is -4.27. The molecule has 258 valence electrons. The molecule has 1 aliphatic carbocycles. The Morgan fingerprint density at radius 1 is 0.891 bits per heavy atom. The molecule has 3 N–H and O–H groups in total. The molecule has 46 heavy (non-hydrogen) atoms. The quantitative estimate of drug-likeness (QED) is 0.385. The maximum absolute atomic E-state index is 13.8. The molecule has 2 fully saturated rings. The monoisotopic (exact) mass is 685 g/mol. The molecule has 0 aromatic carbocycles. The largest absolute Gasteiger partial charge is 0.490 e. The Morgan fingerprint density at radius 2 is 1.41 bits per heavy atom. The lowest BCUT2D eigenvalue weighted by Gasteiger charge is -2.38. The number of alkyl halides is 9. The number of pyridine rings is 2. The van der Waals surface area contributed by atoms with E-state index in [2.05, 4.69) is 20.9 Å². The van der Waals surface area contributed by atoms with E-state index in [0.29, 0.717) is 6.61 Å². The number of aryl methyl sites for hydroxylation is 1. The molecular weight excluding hydrogens is 660 g/mol. The number of ether oxygens (including phenoxy) is 2. The van der Waals surface area contributed by atoms with Crippen molar-refractivity contribution in [3.05, 3.63) is 53.7 Å². The van der Waals surface area contributed by atoms with Gasteiger partial charge in [0.1, 0.15) is 12.2 Å². The molecule has 2 aromatic rings. The molecule has 1 aliphatic heterocycles. The fourth-order valence-electron chi connectivity index (χ4n) is 3.81. The summed E-state index contributed by atoms with van der Waals surface area (Å²) in [6.45, 7) is 4.34. The van der Waals surface area contributed by atoms with Gasteiger partial charge in [0.2, 0.25) is 0 Å². The van der Waals surface area contributed by atoms with Crippen molar-refractivity contribution in [2.24, 2.45) is 0 Å². The van der Waals surface area contributed by atoms with Gasteiger partial charge in [0.25, 0.3) is 5.88 Å². The molecule has 0 amide bonds. The van der Waals surface area contributed by atoms with Crippen molar-refractivity contribution in [3.8, 4) is 5.88 Å². The molecule has 1 saturated carbocycles. The second kappa shape index (κ2) is 16.9. The van der Waals surface area contributed by atoms with Gasteiger partial charge in [0, 0.05) is 31.0 Å². The molecule has 1 saturated heterocycles. The summed E-state index contributed by atoms with van der Waals surface area (Å²) in [6, 6.07) is 9.31. The van der Waals surface area contributed by atoms with Crippen molar-refractivity contribution < 1.29 is 83.1 Å². The van der Waals surface area contributed by atoms with E-state index in [1.54, 1.807) is 12.3 Å². The molecule has 3 heterocycles. The minimum atomic E-state index is -5.08. The van der Waals surface area contributed by atoms with Crippen LogP contribution in [0.2, 0.25) is 0 Å². The number of fused-ring (bicyclic) bond motifs is 1. The van der Waals surface area contributed by atoms with Gasteiger partial charge < -0.3 is 24.8 Å². The highest BCUT2D eigenvalue weighted by Crippen LogP contribution is 2.33. The summed E-state index contributed by atoms with van der Waals surface area (Å²) >= 11 is 0. The average molecular weight is 685 g/mol. The van der Waals surface area contributed by atoms with Crippen LogP contribution in [-0.2, 0) is 25.7 Å². The lowest BCUT2D eigenvalue weighted by atomic mass is 10.1. The summed E-state index contributed by atoms with van der Waals surface area (Å²) in [7, 11) is 0. The van der Waals surface area contributed by atoms with Crippen molar-refractivity contribution in [2.45, 2.75) is 63.1 Å². The van der Waals surface area contributed by atoms with E-state index in [9.17, 15) is 43.9 Å². The number of aromatic nitrogens is 2. The number of nitrogens with zero attached hydrogens (tertiary/aromatic N) is 3. The van der Waals surface area contributed by atoms with Gasteiger partial charge in [0.15, 0.2) is 5.82 Å². The van der Waals surface area contributed by atoms with Crippen LogP contribution in [-0.4, -0.2) is 98.0 Å². The molecule has 11 nitrogen and oxygen atoms in total. The summed E-state index contributed by atoms with van der Waals surface area (Å²) in [5.74, 6) is -8.63. The highest BCUT2D eigenvalue weighted by molar-refractivity contribution is 5.73. The first-order valence-electron chi connectivity index (χ1n) is 12.5. The van der Waals surface area contributed by atoms with Crippen molar-refractivity contribution in [1.82, 2.24) is 14.9 Å². The summed E-state index contributed by atoms with van der Waals surface area (Å²) in [5, 5.41) is 21.4. The van der Waals surface area contributed by atoms with E-state index in [1.165, 1.54) is 6.07 Å². The zero-order valence-corrected chi connectivity index (χ0v) is 23.2. The van der Waals surface area contributed by atoms with Gasteiger partial charge in [-0.3, -0.25) is 9.88 Å². The molecule has 2 aliphatic rings. The van der Waals surface area contributed by atoms with E-state index < -0.39 is 42.3 Å². The summed E-state index contributed by atoms with van der Waals surface area (Å²) in [5.41, 5.74) is 2.10. The Morgan fingerprint density at radius 3 is 1.87 bits per heavy atom. The molecule has 0 bridgehead atoms. The lowest BCUT2D eigenvalue weighted by Crippen LogP contribution is -2.51. The van der Waals surface area contributed by atoms with Gasteiger partial charge in [-0.2, -0.15) is 39.5 Å². The molecule has 0 unspecified atom stereocenters. The zero-order chi connectivity index (χ0) is 35.5. The molecule has 3 atom stereocenters. The minimum absolute atomic E-state index is 0.0556. The van der Waals surface area contributed by atoms with Crippen LogP contribution in [0.15, 0.2) is 36.5 Å². The van der Waals surface area contributed by atoms with Gasteiger partial charge in [-0.15, -0.1) is 0 Å². The predicted molar refractivity (Wildman–Crippen MR) is 132 cm³/mol. The first kappa shape index (κ1) is 39.8. The molecule has 0 spiro atoms. The third-order valence-electron chi connectivity index (χ3n) is 5.68. The van der Waals surface area contributed by atoms with Gasteiger partial charge in [-0.1, -0.05) is 6.07 Å². The topological polar surface area (TPSA) is 159 Å². The molecule has 4 rings (SSSR count). The maximum atomic E-state index is 13.8. The predicted octanol–water partition coefficient (Wildman–Crippen LogP) is 4.63. The highest BCUT2D eigenvalue weighted by Gasteiger charge is 2.44. The highest BCUT2D eigenvalue weighted by atomic mass is 19.4. The smallest absolute Gasteiger partial charge is 0.475 e. The number of halogens is 10. The number of rotatable bonds is 4. The standard InChI is InChI=1S/C19H22FN3O2.3C2HF3O2/c1-13-4-2-5-14(22-13)12-23-10-11-24-18-16(23)7-8-17(18)25-19-15(20)6-3-9-21-19;3*3-2(4,5)1(6)7/h2-6,9,16-18H,7-8,10-12H2,1H3;3*(H,6,7)/t16-,17+,18+;;;/m0.../s1. The van der Waals surface area contributed by atoms with Crippen LogP contribution in [0.4, 0.5) is 43.9 Å². The van der Waals surface area contributed by atoms with E-state index in [-0.39, 0.29) is 24.1 Å². The fourth-order valence-corrected chi connectivity index (χ4v) is 3.81. The van der Waals surface area contributed by atoms with Crippen molar-refractivity contribution in [3.63, 3.8) is 0 Å². The van der Waals surface area contributed by atoms with Gasteiger partial charge in [-0.05, 0) is 44.0 Å². The van der Waals surface area contributed by atoms with Gasteiger partial charge in [-0.25, -0.2) is 23.8 Å².